The molecule has 0 aliphatic heterocycles. The third kappa shape index (κ3) is 5.91. The highest BCUT2D eigenvalue weighted by molar-refractivity contribution is 7.95. The van der Waals surface area contributed by atoms with Crippen molar-refractivity contribution in [3.63, 3.8) is 0 Å². The fraction of sp³-hybridized carbons (Fsp3) is 0.0476. The largest absolute Gasteiger partial charge is 0.262 e. The van der Waals surface area contributed by atoms with Crippen LogP contribution in [0.5, 0.6) is 0 Å². The normalized spacial score (nSPS) is 11.7. The van der Waals surface area contributed by atoms with Gasteiger partial charge in [0.15, 0.2) is 0 Å². The summed E-state index contributed by atoms with van der Waals surface area (Å²) in [6.07, 6.45) is 1.49. The van der Waals surface area contributed by atoms with Crippen molar-refractivity contribution in [3.05, 3.63) is 103 Å². The van der Waals surface area contributed by atoms with Crippen LogP contribution in [0.25, 0.3) is 6.08 Å². The first-order valence-corrected chi connectivity index (χ1v) is 11.4. The molecule has 150 valence electrons. The Morgan fingerprint density at radius 3 is 2.14 bits per heavy atom. The lowest BCUT2D eigenvalue weighted by Crippen LogP contribution is -2.28. The third-order valence-electron chi connectivity index (χ3n) is 3.99. The Labute approximate surface area is 190 Å². The second-order valence-electron chi connectivity index (χ2n) is 6.14. The van der Waals surface area contributed by atoms with Gasteiger partial charge < -0.3 is 0 Å². The van der Waals surface area contributed by atoms with E-state index < -0.39 is 10.0 Å². The minimum Gasteiger partial charge on any atom is -0.262 e. The quantitative estimate of drug-likeness (QED) is 0.366. The van der Waals surface area contributed by atoms with Crippen LogP contribution in [-0.2, 0) is 16.6 Å². The van der Waals surface area contributed by atoms with Gasteiger partial charge in [-0.05, 0) is 59.7 Å². The maximum absolute atomic E-state index is 13.2. The molecule has 0 aromatic heterocycles. The lowest BCUT2D eigenvalue weighted by atomic mass is 10.2. The predicted octanol–water partition coefficient (Wildman–Crippen LogP) is 7.31. The molecular weight excluding hydrogens is 472 g/mol. The zero-order chi connectivity index (χ0) is 21.0. The molecule has 0 radical (unpaired) electrons. The lowest BCUT2D eigenvalue weighted by molar-refractivity contribution is 0.599. The summed E-state index contributed by atoms with van der Waals surface area (Å²) in [6, 6.07) is 18.5. The molecule has 8 heteroatoms. The fourth-order valence-corrected chi connectivity index (χ4v) is 4.53. The Morgan fingerprint density at radius 2 is 1.48 bits per heavy atom. The summed E-state index contributed by atoms with van der Waals surface area (Å²) in [5.41, 5.74) is 1.78. The standard InChI is InChI=1S/C21H15Cl4NO2S/c22-17-4-1-3-15(11-17)9-10-29(27,28)26(19-6-2-5-18(23)13-19)14-16-7-8-20(24)21(25)12-16/h1-13H,14H2. The Morgan fingerprint density at radius 1 is 0.793 bits per heavy atom. The van der Waals surface area contributed by atoms with Crippen molar-refractivity contribution in [2.45, 2.75) is 6.54 Å². The van der Waals surface area contributed by atoms with E-state index in [1.165, 1.54) is 10.4 Å². The minimum absolute atomic E-state index is 0.0550. The van der Waals surface area contributed by atoms with E-state index in [2.05, 4.69) is 0 Å². The predicted molar refractivity (Wildman–Crippen MR) is 124 cm³/mol. The van der Waals surface area contributed by atoms with Crippen LogP contribution in [-0.4, -0.2) is 8.42 Å². The molecule has 3 nitrogen and oxygen atoms in total. The summed E-state index contributed by atoms with van der Waals surface area (Å²) in [7, 11) is -3.85. The summed E-state index contributed by atoms with van der Waals surface area (Å²) in [5, 5.41) is 2.83. The van der Waals surface area contributed by atoms with Gasteiger partial charge in [-0.1, -0.05) is 70.7 Å². The molecule has 0 heterocycles. The van der Waals surface area contributed by atoms with Crippen LogP contribution in [0.1, 0.15) is 11.1 Å². The van der Waals surface area contributed by atoms with Crippen LogP contribution in [0.4, 0.5) is 5.69 Å². The van der Waals surface area contributed by atoms with E-state index in [4.69, 9.17) is 46.4 Å². The second-order valence-corrected chi connectivity index (χ2v) is 9.57. The topological polar surface area (TPSA) is 37.4 Å². The van der Waals surface area contributed by atoms with Crippen molar-refractivity contribution in [3.8, 4) is 0 Å². The third-order valence-corrected chi connectivity index (χ3v) is 6.64. The van der Waals surface area contributed by atoms with Gasteiger partial charge in [0.1, 0.15) is 0 Å². The number of sulfonamides is 1. The molecule has 0 fully saturated rings. The second kappa shape index (κ2) is 9.41. The van der Waals surface area contributed by atoms with Gasteiger partial charge >= 0.3 is 0 Å². The summed E-state index contributed by atoms with van der Waals surface area (Å²) in [5.74, 6) is 0. The molecule has 0 atom stereocenters. The van der Waals surface area contributed by atoms with Crippen LogP contribution in [0, 0.1) is 0 Å². The lowest BCUT2D eigenvalue weighted by Gasteiger charge is -2.23. The first-order valence-electron chi connectivity index (χ1n) is 8.40. The molecule has 0 unspecified atom stereocenters. The van der Waals surface area contributed by atoms with Gasteiger partial charge in [0.2, 0.25) is 0 Å². The van der Waals surface area contributed by atoms with Crippen LogP contribution in [0.3, 0.4) is 0 Å². The average molecular weight is 487 g/mol. The van der Waals surface area contributed by atoms with Gasteiger partial charge in [-0.3, -0.25) is 4.31 Å². The van der Waals surface area contributed by atoms with Gasteiger partial charge in [-0.15, -0.1) is 0 Å². The van der Waals surface area contributed by atoms with Crippen molar-refractivity contribution < 1.29 is 8.42 Å². The zero-order valence-corrected chi connectivity index (χ0v) is 18.7. The number of hydrogen-bond acceptors (Lipinski definition) is 2. The molecule has 0 saturated heterocycles. The maximum Gasteiger partial charge on any atom is 0.257 e. The summed E-state index contributed by atoms with van der Waals surface area (Å²) < 4.78 is 27.6. The van der Waals surface area contributed by atoms with Crippen molar-refractivity contribution in [1.29, 1.82) is 0 Å². The van der Waals surface area contributed by atoms with E-state index in [9.17, 15) is 8.42 Å². The number of rotatable bonds is 6. The summed E-state index contributed by atoms with van der Waals surface area (Å²) in [4.78, 5) is 0. The van der Waals surface area contributed by atoms with Gasteiger partial charge in [-0.25, -0.2) is 8.42 Å². The highest BCUT2D eigenvalue weighted by Crippen LogP contribution is 2.28. The number of anilines is 1. The molecule has 0 aliphatic rings. The van der Waals surface area contributed by atoms with Gasteiger partial charge in [0, 0.05) is 10.0 Å². The van der Waals surface area contributed by atoms with Crippen LogP contribution in [0.2, 0.25) is 20.1 Å². The van der Waals surface area contributed by atoms with E-state index in [-0.39, 0.29) is 6.54 Å². The molecule has 0 amide bonds. The van der Waals surface area contributed by atoms with Crippen molar-refractivity contribution in [2.75, 3.05) is 4.31 Å². The molecule has 29 heavy (non-hydrogen) atoms. The highest BCUT2D eigenvalue weighted by atomic mass is 35.5. The molecule has 0 spiro atoms. The minimum atomic E-state index is -3.85. The SMILES string of the molecule is O=S(=O)(C=Cc1cccc(Cl)c1)N(Cc1ccc(Cl)c(Cl)c1)c1cccc(Cl)c1. The maximum atomic E-state index is 13.2. The van der Waals surface area contributed by atoms with Gasteiger partial charge in [0.25, 0.3) is 10.0 Å². The molecule has 3 rings (SSSR count). The van der Waals surface area contributed by atoms with Gasteiger partial charge in [-0.2, -0.15) is 0 Å². The van der Waals surface area contributed by atoms with E-state index >= 15 is 0 Å². The van der Waals surface area contributed by atoms with E-state index in [1.807, 2.05) is 0 Å². The van der Waals surface area contributed by atoms with E-state index in [0.717, 1.165) is 5.41 Å². The smallest absolute Gasteiger partial charge is 0.257 e. The molecular formula is C21H15Cl4NO2S. The van der Waals surface area contributed by atoms with Crippen molar-refractivity contribution in [2.24, 2.45) is 0 Å². The number of nitrogens with zero attached hydrogens (tertiary/aromatic N) is 1. The average Bonchev–Trinajstić information content (AvgIpc) is 2.67. The molecule has 0 aliphatic carbocycles. The van der Waals surface area contributed by atoms with E-state index in [0.29, 0.717) is 36.9 Å². The fourth-order valence-electron chi connectivity index (χ4n) is 2.61. The van der Waals surface area contributed by atoms with Gasteiger partial charge in [0.05, 0.1) is 27.7 Å². The molecule has 3 aromatic carbocycles. The molecule has 0 saturated carbocycles. The molecule has 0 bridgehead atoms. The Kier molecular flexibility index (Phi) is 7.14. The summed E-state index contributed by atoms with van der Waals surface area (Å²) >= 11 is 24.1. The first kappa shape index (κ1) is 22.0. The monoisotopic (exact) mass is 485 g/mol. The zero-order valence-electron chi connectivity index (χ0n) is 14.9. The highest BCUT2D eigenvalue weighted by Gasteiger charge is 2.21. The first-order chi connectivity index (χ1) is 13.7. The van der Waals surface area contributed by atoms with Crippen LogP contribution >= 0.6 is 46.4 Å². The number of benzene rings is 3. The number of hydrogen-bond donors (Lipinski definition) is 0. The van der Waals surface area contributed by atoms with E-state index in [1.54, 1.807) is 66.7 Å². The Hall–Kier alpha value is -1.69. The van der Waals surface area contributed by atoms with Crippen molar-refractivity contribution >= 4 is 68.2 Å². The molecule has 0 N–H and O–H groups in total. The number of halogens is 4. The summed E-state index contributed by atoms with van der Waals surface area (Å²) in [6.45, 7) is 0.0550. The molecule has 3 aromatic rings. The van der Waals surface area contributed by atoms with Crippen LogP contribution in [0.15, 0.2) is 72.1 Å². The Balaban J connectivity index is 2.00. The van der Waals surface area contributed by atoms with Crippen molar-refractivity contribution in [1.82, 2.24) is 0 Å². The Bertz CT molecular complexity index is 1160. The van der Waals surface area contributed by atoms with Crippen LogP contribution < -0.4 is 4.31 Å².